The molecule has 1 heterocycles. The van der Waals surface area contributed by atoms with E-state index in [9.17, 15) is 10.0 Å². The van der Waals surface area contributed by atoms with Crippen LogP contribution in [0.5, 0.6) is 0 Å². The van der Waals surface area contributed by atoms with E-state index in [1.807, 2.05) is 18.3 Å². The molecule has 0 fully saturated rings. The zero-order valence-electron chi connectivity index (χ0n) is 18.2. The third-order valence-electron chi connectivity index (χ3n) is 5.73. The lowest BCUT2D eigenvalue weighted by atomic mass is 9.75. The van der Waals surface area contributed by atoms with E-state index in [2.05, 4.69) is 24.9 Å². The second-order valence-electron chi connectivity index (χ2n) is 8.17. The van der Waals surface area contributed by atoms with E-state index in [1.165, 1.54) is 64.2 Å². The van der Waals surface area contributed by atoms with E-state index in [0.717, 1.165) is 31.4 Å². The van der Waals surface area contributed by atoms with Crippen LogP contribution in [0.25, 0.3) is 0 Å². The van der Waals surface area contributed by atoms with Gasteiger partial charge in [0.2, 0.25) is 0 Å². The summed E-state index contributed by atoms with van der Waals surface area (Å²) in [4.78, 5) is 4.64. The topological polar surface area (TPSA) is 62.6 Å². The predicted molar refractivity (Wildman–Crippen MR) is 118 cm³/mol. The standard InChI is InChI=1S/C23H42BNO3/c1-3-5-7-9-11-14-18-23(21-28-24(26)27,22-17-13-16-20-25-22)19-15-12-10-8-6-4-2/h13,16-17,20,26-27H,3-12,14-15,18-19,21H2,1-2H3. The quantitative estimate of drug-likeness (QED) is 0.245. The second-order valence-corrected chi connectivity index (χ2v) is 8.17. The van der Waals surface area contributed by atoms with E-state index in [1.54, 1.807) is 0 Å². The van der Waals surface area contributed by atoms with Gasteiger partial charge in [-0.1, -0.05) is 97.0 Å². The molecule has 0 unspecified atom stereocenters. The van der Waals surface area contributed by atoms with E-state index < -0.39 is 7.32 Å². The Bertz CT molecular complexity index is 454. The minimum atomic E-state index is -1.72. The first-order chi connectivity index (χ1) is 13.6. The Hall–Kier alpha value is -0.905. The average molecular weight is 391 g/mol. The summed E-state index contributed by atoms with van der Waals surface area (Å²) >= 11 is 0. The summed E-state index contributed by atoms with van der Waals surface area (Å²) in [6.45, 7) is 4.79. The van der Waals surface area contributed by atoms with Crippen molar-refractivity contribution in [2.45, 2.75) is 109 Å². The largest absolute Gasteiger partial charge is 0.633 e. The number of unbranched alkanes of at least 4 members (excludes halogenated alkanes) is 10. The van der Waals surface area contributed by atoms with Gasteiger partial charge in [0.1, 0.15) is 0 Å². The number of aromatic nitrogens is 1. The van der Waals surface area contributed by atoms with E-state index >= 15 is 0 Å². The molecule has 1 rings (SSSR count). The van der Waals surface area contributed by atoms with Gasteiger partial charge in [0.25, 0.3) is 0 Å². The fourth-order valence-corrected chi connectivity index (χ4v) is 4.00. The molecule has 0 aliphatic rings. The summed E-state index contributed by atoms with van der Waals surface area (Å²) in [5.41, 5.74) is 0.790. The normalized spacial score (nSPS) is 11.7. The maximum Gasteiger partial charge on any atom is 0.633 e. The first-order valence-corrected chi connectivity index (χ1v) is 11.5. The number of rotatable bonds is 18. The van der Waals surface area contributed by atoms with Crippen molar-refractivity contribution < 1.29 is 14.7 Å². The van der Waals surface area contributed by atoms with Gasteiger partial charge in [-0.2, -0.15) is 0 Å². The first-order valence-electron chi connectivity index (χ1n) is 11.5. The van der Waals surface area contributed by atoms with Gasteiger partial charge in [0, 0.05) is 23.9 Å². The molecule has 5 heteroatoms. The number of nitrogens with zero attached hydrogens (tertiary/aromatic N) is 1. The number of pyridine rings is 1. The zero-order chi connectivity index (χ0) is 20.5. The summed E-state index contributed by atoms with van der Waals surface area (Å²) in [6, 6.07) is 6.03. The lowest BCUT2D eigenvalue weighted by molar-refractivity contribution is 0.121. The van der Waals surface area contributed by atoms with Crippen molar-refractivity contribution in [1.82, 2.24) is 4.98 Å². The van der Waals surface area contributed by atoms with Crippen molar-refractivity contribution in [2.24, 2.45) is 0 Å². The molecule has 0 aliphatic carbocycles. The van der Waals surface area contributed by atoms with E-state index in [0.29, 0.717) is 6.61 Å². The van der Waals surface area contributed by atoms with Crippen LogP contribution >= 0.6 is 0 Å². The Morgan fingerprint density at radius 3 is 1.82 bits per heavy atom. The lowest BCUT2D eigenvalue weighted by Crippen LogP contribution is -2.36. The highest BCUT2D eigenvalue weighted by Crippen LogP contribution is 2.35. The Balaban J connectivity index is 2.73. The SMILES string of the molecule is CCCCCCCCC(CCCCCCCC)(COB(O)O)c1ccccn1. The summed E-state index contributed by atoms with van der Waals surface area (Å²) in [5, 5.41) is 18.6. The molecule has 1 aromatic heterocycles. The Morgan fingerprint density at radius 2 is 1.36 bits per heavy atom. The van der Waals surface area contributed by atoms with Gasteiger partial charge < -0.3 is 14.7 Å². The van der Waals surface area contributed by atoms with Gasteiger partial charge in [-0.25, -0.2) is 0 Å². The average Bonchev–Trinajstić information content (AvgIpc) is 2.71. The molecule has 160 valence electrons. The molecule has 28 heavy (non-hydrogen) atoms. The molecular formula is C23H42BNO3. The Morgan fingerprint density at radius 1 is 0.821 bits per heavy atom. The van der Waals surface area contributed by atoms with E-state index in [4.69, 9.17) is 4.65 Å². The third-order valence-corrected chi connectivity index (χ3v) is 5.73. The zero-order valence-corrected chi connectivity index (χ0v) is 18.2. The molecule has 4 nitrogen and oxygen atoms in total. The van der Waals surface area contributed by atoms with Crippen molar-refractivity contribution in [3.05, 3.63) is 30.1 Å². The van der Waals surface area contributed by atoms with Crippen molar-refractivity contribution >= 4 is 7.32 Å². The first kappa shape index (κ1) is 25.1. The minimum Gasteiger partial charge on any atom is -0.402 e. The Labute approximate surface area is 173 Å². The van der Waals surface area contributed by atoms with Gasteiger partial charge in [-0.3, -0.25) is 4.98 Å². The summed E-state index contributed by atoms with van der Waals surface area (Å²) in [7, 11) is -1.72. The molecule has 1 aromatic rings. The van der Waals surface area contributed by atoms with Crippen LogP contribution < -0.4 is 0 Å². The molecule has 2 N–H and O–H groups in total. The van der Waals surface area contributed by atoms with E-state index in [-0.39, 0.29) is 5.41 Å². The number of hydrogen-bond acceptors (Lipinski definition) is 4. The second kappa shape index (κ2) is 16.0. The van der Waals surface area contributed by atoms with Crippen molar-refractivity contribution in [2.75, 3.05) is 6.61 Å². The molecule has 0 saturated heterocycles. The lowest BCUT2D eigenvalue weighted by Gasteiger charge is -2.34. The van der Waals surface area contributed by atoms with Gasteiger partial charge in [0.05, 0.1) is 0 Å². The molecule has 0 saturated carbocycles. The maximum atomic E-state index is 9.31. The molecule has 0 atom stereocenters. The van der Waals surface area contributed by atoms with Crippen LogP contribution in [-0.2, 0) is 10.1 Å². The van der Waals surface area contributed by atoms with Crippen LogP contribution in [0.2, 0.25) is 0 Å². The van der Waals surface area contributed by atoms with Crippen LogP contribution in [-0.4, -0.2) is 29.0 Å². The van der Waals surface area contributed by atoms with Crippen molar-refractivity contribution in [3.8, 4) is 0 Å². The molecule has 0 aliphatic heterocycles. The van der Waals surface area contributed by atoms with Crippen molar-refractivity contribution in [1.29, 1.82) is 0 Å². The molecule has 0 amide bonds. The predicted octanol–water partition coefficient (Wildman–Crippen LogP) is 5.81. The fraction of sp³-hybridized carbons (Fsp3) is 0.783. The molecule has 0 bridgehead atoms. The van der Waals surface area contributed by atoms with Gasteiger partial charge in [-0.05, 0) is 25.0 Å². The molecule has 0 radical (unpaired) electrons. The maximum absolute atomic E-state index is 9.31. The molecular weight excluding hydrogens is 349 g/mol. The summed E-state index contributed by atoms with van der Waals surface area (Å²) < 4.78 is 5.32. The van der Waals surface area contributed by atoms with Gasteiger partial charge in [0.15, 0.2) is 0 Å². The van der Waals surface area contributed by atoms with Gasteiger partial charge in [-0.15, -0.1) is 0 Å². The monoisotopic (exact) mass is 391 g/mol. The van der Waals surface area contributed by atoms with Crippen LogP contribution in [0.3, 0.4) is 0 Å². The highest BCUT2D eigenvalue weighted by Gasteiger charge is 2.34. The fourth-order valence-electron chi connectivity index (χ4n) is 4.00. The summed E-state index contributed by atoms with van der Waals surface area (Å²) in [6.07, 6.45) is 18.8. The van der Waals surface area contributed by atoms with Crippen LogP contribution in [0.4, 0.5) is 0 Å². The number of hydrogen-bond donors (Lipinski definition) is 2. The molecule has 0 spiro atoms. The highest BCUT2D eigenvalue weighted by atomic mass is 16.6. The van der Waals surface area contributed by atoms with Crippen LogP contribution in [0.1, 0.15) is 109 Å². The van der Waals surface area contributed by atoms with Crippen LogP contribution in [0, 0.1) is 0 Å². The molecule has 0 aromatic carbocycles. The Kier molecular flexibility index (Phi) is 14.3. The highest BCUT2D eigenvalue weighted by molar-refractivity contribution is 6.32. The minimum absolute atomic E-state index is 0.236. The third kappa shape index (κ3) is 10.6. The summed E-state index contributed by atoms with van der Waals surface area (Å²) in [5.74, 6) is 0. The smallest absolute Gasteiger partial charge is 0.402 e. The van der Waals surface area contributed by atoms with Gasteiger partial charge >= 0.3 is 7.32 Å². The van der Waals surface area contributed by atoms with Crippen LogP contribution in [0.15, 0.2) is 24.4 Å². The van der Waals surface area contributed by atoms with Crippen molar-refractivity contribution in [3.63, 3.8) is 0 Å².